The third-order valence-corrected chi connectivity index (χ3v) is 4.92. The largest absolute Gasteiger partial charge is 0.428 e. The molecule has 13 heteroatoms. The van der Waals surface area contributed by atoms with E-state index in [1.54, 1.807) is 11.4 Å². The Balaban J connectivity index is 0.000000299. The monoisotopic (exact) mass is 553 g/mol. The fourth-order valence-electron chi connectivity index (χ4n) is 2.65. The molecule has 0 spiro atoms. The third kappa shape index (κ3) is 13.0. The van der Waals surface area contributed by atoms with Crippen LogP contribution < -0.4 is 10.6 Å². The zero-order chi connectivity index (χ0) is 28.2. The molecular formula is C24H26ClF6N3O3. The molecule has 0 radical (unpaired) electrons. The summed E-state index contributed by atoms with van der Waals surface area (Å²) in [6.07, 6.45) is -10.6. The number of rotatable bonds is 5. The summed E-state index contributed by atoms with van der Waals surface area (Å²) in [5.74, 6) is -0.876. The van der Waals surface area contributed by atoms with Crippen LogP contribution in [0.3, 0.4) is 0 Å². The van der Waals surface area contributed by atoms with Crippen LogP contribution >= 0.6 is 11.6 Å². The Kier molecular flexibility index (Phi) is 12.4. The second-order valence-electron chi connectivity index (χ2n) is 7.87. The van der Waals surface area contributed by atoms with Crippen LogP contribution in [0.2, 0.25) is 5.02 Å². The van der Waals surface area contributed by atoms with Crippen molar-refractivity contribution >= 4 is 29.6 Å². The van der Waals surface area contributed by atoms with Gasteiger partial charge < -0.3 is 15.5 Å². The van der Waals surface area contributed by atoms with E-state index in [0.717, 1.165) is 16.1 Å². The summed E-state index contributed by atoms with van der Waals surface area (Å²) in [5.41, 5.74) is 4.38. The Hall–Kier alpha value is -3.28. The van der Waals surface area contributed by atoms with Gasteiger partial charge in [0.15, 0.2) is 0 Å². The van der Waals surface area contributed by atoms with Gasteiger partial charge in [-0.1, -0.05) is 41.0 Å². The number of carbonyl (C=O) groups excluding carboxylic acids is 2. The maximum absolute atomic E-state index is 12.4. The first kappa shape index (κ1) is 31.7. The highest BCUT2D eigenvalue weighted by Crippen LogP contribution is 2.31. The lowest BCUT2D eigenvalue weighted by atomic mass is 10.0. The van der Waals surface area contributed by atoms with E-state index < -0.39 is 37.5 Å². The van der Waals surface area contributed by atoms with E-state index in [0.29, 0.717) is 11.3 Å². The van der Waals surface area contributed by atoms with Crippen molar-refractivity contribution < 1.29 is 40.8 Å². The first-order valence-electron chi connectivity index (χ1n) is 10.7. The van der Waals surface area contributed by atoms with Gasteiger partial charge in [-0.2, -0.15) is 26.3 Å². The molecule has 6 nitrogen and oxygen atoms in total. The van der Waals surface area contributed by atoms with Gasteiger partial charge in [0.05, 0.1) is 12.3 Å². The van der Waals surface area contributed by atoms with Crippen LogP contribution in [0, 0.1) is 20.8 Å². The Labute approximate surface area is 215 Å². The molecule has 0 fully saturated rings. The van der Waals surface area contributed by atoms with E-state index in [4.69, 9.17) is 11.6 Å². The molecule has 0 aromatic heterocycles. The Bertz CT molecular complexity index is 1060. The number of aryl methyl sites for hydroxylation is 3. The lowest BCUT2D eigenvalue weighted by Crippen LogP contribution is -2.38. The fourth-order valence-corrected chi connectivity index (χ4v) is 2.89. The summed E-state index contributed by atoms with van der Waals surface area (Å²) in [4.78, 5) is 24.4. The number of amides is 2. The predicted molar refractivity (Wildman–Crippen MR) is 127 cm³/mol. The van der Waals surface area contributed by atoms with Gasteiger partial charge in [-0.25, -0.2) is 0 Å². The van der Waals surface area contributed by atoms with Crippen LogP contribution in [-0.4, -0.2) is 49.6 Å². The number of benzene rings is 2. The minimum absolute atomic E-state index is 0.216. The molecule has 1 aliphatic rings. The van der Waals surface area contributed by atoms with E-state index in [1.165, 1.54) is 5.56 Å². The van der Waals surface area contributed by atoms with Gasteiger partial charge in [0, 0.05) is 11.4 Å². The number of halogens is 7. The minimum Gasteiger partial charge on any atom is -0.382 e. The average Bonchev–Trinajstić information content (AvgIpc) is 3.29. The maximum Gasteiger partial charge on any atom is 0.428 e. The van der Waals surface area contributed by atoms with E-state index in [1.807, 2.05) is 62.5 Å². The summed E-state index contributed by atoms with van der Waals surface area (Å²) in [6.45, 7) is 4.05. The molecule has 1 heterocycles. The van der Waals surface area contributed by atoms with Gasteiger partial charge in [-0.05, 0) is 61.2 Å². The average molecular weight is 554 g/mol. The Morgan fingerprint density at radius 3 is 2.22 bits per heavy atom. The second kappa shape index (κ2) is 14.5. The molecule has 0 saturated heterocycles. The van der Waals surface area contributed by atoms with E-state index in [-0.39, 0.29) is 12.8 Å². The molecule has 1 aliphatic heterocycles. The molecule has 2 aromatic carbocycles. The van der Waals surface area contributed by atoms with Crippen molar-refractivity contribution in [1.82, 2.24) is 10.6 Å². The zero-order valence-corrected chi connectivity index (χ0v) is 20.9. The number of alkyl halides is 6. The van der Waals surface area contributed by atoms with Crippen LogP contribution in [0.4, 0.5) is 26.3 Å². The standard InChI is InChI=1S/C12H12F3NO.C7H7Cl.C5H7F3N2O2/c1-7-3-4-9(5-8(7)2)10-6-11(17-16-10)12(13,14)15;1-6-3-2-4-7(8)5-6;6-5(7,8)2-10-4(12)1-9-3-11/h3-5,11H,6H2,1-2H3;2-5H,1H3;3H,1-2H2,(H,9,11)(H,10,12). The minimum atomic E-state index is -4.42. The first-order valence-corrected chi connectivity index (χ1v) is 11.1. The van der Waals surface area contributed by atoms with Crippen LogP contribution in [0.5, 0.6) is 0 Å². The molecule has 1 unspecified atom stereocenters. The van der Waals surface area contributed by atoms with Crippen LogP contribution in [-0.2, 0) is 14.4 Å². The van der Waals surface area contributed by atoms with E-state index >= 15 is 0 Å². The first-order chi connectivity index (χ1) is 17.1. The van der Waals surface area contributed by atoms with Crippen LogP contribution in [0.25, 0.3) is 0 Å². The van der Waals surface area contributed by atoms with Crippen molar-refractivity contribution in [3.8, 4) is 0 Å². The summed E-state index contributed by atoms with van der Waals surface area (Å²) < 4.78 is 71.5. The Morgan fingerprint density at radius 1 is 1.08 bits per heavy atom. The van der Waals surface area contributed by atoms with Crippen molar-refractivity contribution in [2.24, 2.45) is 5.16 Å². The number of nitrogens with one attached hydrogen (secondary N) is 2. The highest BCUT2D eigenvalue weighted by molar-refractivity contribution is 6.30. The SMILES string of the molecule is Cc1ccc(C2=NOC(C(F)(F)F)C2)cc1C.Cc1cccc(Cl)c1.O=CNCC(=O)NCC(F)(F)F. The lowest BCUT2D eigenvalue weighted by Gasteiger charge is -2.11. The molecule has 1 atom stereocenters. The van der Waals surface area contributed by atoms with E-state index in [9.17, 15) is 35.9 Å². The molecule has 37 heavy (non-hydrogen) atoms. The van der Waals surface area contributed by atoms with Gasteiger partial charge in [0.25, 0.3) is 0 Å². The molecule has 2 N–H and O–H groups in total. The van der Waals surface area contributed by atoms with Gasteiger partial charge in [-0.3, -0.25) is 9.59 Å². The van der Waals surface area contributed by atoms with Crippen molar-refractivity contribution in [3.05, 3.63) is 69.7 Å². The topological polar surface area (TPSA) is 79.8 Å². The van der Waals surface area contributed by atoms with Gasteiger partial charge in [-0.15, -0.1) is 0 Å². The maximum atomic E-state index is 12.4. The normalized spacial score (nSPS) is 14.6. The summed E-state index contributed by atoms with van der Waals surface area (Å²) in [6, 6.07) is 13.2. The summed E-state index contributed by atoms with van der Waals surface area (Å²) >= 11 is 5.64. The van der Waals surface area contributed by atoms with E-state index in [2.05, 4.69) is 9.99 Å². The molecule has 0 aliphatic carbocycles. The predicted octanol–water partition coefficient (Wildman–Crippen LogP) is 5.42. The fraction of sp³-hybridized carbons (Fsp3) is 0.375. The lowest BCUT2D eigenvalue weighted by molar-refractivity contribution is -0.212. The smallest absolute Gasteiger partial charge is 0.382 e. The van der Waals surface area contributed by atoms with Gasteiger partial charge >= 0.3 is 12.4 Å². The van der Waals surface area contributed by atoms with Crippen LogP contribution in [0.1, 0.15) is 28.7 Å². The molecule has 0 bridgehead atoms. The number of oxime groups is 1. The van der Waals surface area contributed by atoms with Crippen molar-refractivity contribution in [2.45, 2.75) is 45.6 Å². The summed E-state index contributed by atoms with van der Waals surface area (Å²) in [7, 11) is 0. The number of nitrogens with zero attached hydrogens (tertiary/aromatic N) is 1. The molecule has 2 aromatic rings. The number of hydrogen-bond donors (Lipinski definition) is 2. The highest BCUT2D eigenvalue weighted by Gasteiger charge is 2.45. The van der Waals surface area contributed by atoms with Crippen molar-refractivity contribution in [2.75, 3.05) is 13.1 Å². The zero-order valence-electron chi connectivity index (χ0n) is 20.1. The molecule has 204 valence electrons. The highest BCUT2D eigenvalue weighted by atomic mass is 35.5. The van der Waals surface area contributed by atoms with Crippen molar-refractivity contribution in [3.63, 3.8) is 0 Å². The molecular weight excluding hydrogens is 528 g/mol. The second-order valence-corrected chi connectivity index (χ2v) is 8.30. The summed E-state index contributed by atoms with van der Waals surface area (Å²) in [5, 5.41) is 7.83. The van der Waals surface area contributed by atoms with Crippen molar-refractivity contribution in [1.29, 1.82) is 0 Å². The Morgan fingerprint density at radius 2 is 1.76 bits per heavy atom. The third-order valence-electron chi connectivity index (χ3n) is 4.69. The quantitative estimate of drug-likeness (QED) is 0.383. The molecule has 2 amide bonds. The van der Waals surface area contributed by atoms with Gasteiger partial charge in [0.1, 0.15) is 6.54 Å². The number of carbonyl (C=O) groups is 2. The molecule has 0 saturated carbocycles. The molecule has 3 rings (SSSR count). The van der Waals surface area contributed by atoms with Gasteiger partial charge in [0.2, 0.25) is 18.4 Å². The van der Waals surface area contributed by atoms with Crippen LogP contribution in [0.15, 0.2) is 47.6 Å². The number of hydrogen-bond acceptors (Lipinski definition) is 4.